The fourth-order valence-corrected chi connectivity index (χ4v) is 2.03. The molecule has 8 nitrogen and oxygen atoms in total. The number of benzene rings is 1. The maximum atomic E-state index is 13.3. The molecule has 0 aliphatic carbocycles. The molecule has 3 N–H and O–H groups in total. The molecule has 1 aromatic heterocycles. The zero-order valence-corrected chi connectivity index (χ0v) is 12.3. The number of nitrogens with one attached hydrogen (secondary N) is 1. The van der Waals surface area contributed by atoms with Crippen molar-refractivity contribution in [2.45, 2.75) is 12.5 Å². The van der Waals surface area contributed by atoms with Gasteiger partial charge < -0.3 is 11.1 Å². The van der Waals surface area contributed by atoms with Crippen LogP contribution in [0.1, 0.15) is 15.9 Å². The van der Waals surface area contributed by atoms with E-state index in [9.17, 15) is 24.1 Å². The highest BCUT2D eigenvalue weighted by Crippen LogP contribution is 2.19. The zero-order valence-electron chi connectivity index (χ0n) is 12.3. The third-order valence-electron chi connectivity index (χ3n) is 3.24. The average Bonchev–Trinajstić information content (AvgIpc) is 2.56. The highest BCUT2D eigenvalue weighted by molar-refractivity contribution is 5.97. The second-order valence-corrected chi connectivity index (χ2v) is 4.91. The summed E-state index contributed by atoms with van der Waals surface area (Å²) >= 11 is 0. The number of nitro groups is 1. The predicted octanol–water partition coefficient (Wildman–Crippen LogP) is 0.955. The number of halogens is 1. The minimum Gasteiger partial charge on any atom is -0.368 e. The number of pyridine rings is 1. The Balaban J connectivity index is 2.17. The van der Waals surface area contributed by atoms with E-state index in [1.165, 1.54) is 30.6 Å². The summed E-state index contributed by atoms with van der Waals surface area (Å²) in [7, 11) is 0. The van der Waals surface area contributed by atoms with E-state index >= 15 is 0 Å². The molecule has 0 bridgehead atoms. The number of nitrogens with zero attached hydrogens (tertiary/aromatic N) is 2. The molecule has 0 radical (unpaired) electrons. The Hall–Kier alpha value is -3.36. The summed E-state index contributed by atoms with van der Waals surface area (Å²) in [6.45, 7) is 0. The van der Waals surface area contributed by atoms with Crippen molar-refractivity contribution in [1.29, 1.82) is 0 Å². The number of hydrogen-bond donors (Lipinski definition) is 2. The maximum Gasteiger partial charge on any atom is 0.305 e. The maximum absolute atomic E-state index is 13.3. The lowest BCUT2D eigenvalue weighted by molar-refractivity contribution is -0.387. The van der Waals surface area contributed by atoms with Crippen molar-refractivity contribution in [3.63, 3.8) is 0 Å². The van der Waals surface area contributed by atoms with Crippen molar-refractivity contribution in [3.05, 3.63) is 69.8 Å². The van der Waals surface area contributed by atoms with Gasteiger partial charge in [0.1, 0.15) is 6.04 Å². The van der Waals surface area contributed by atoms with Gasteiger partial charge in [0.15, 0.2) is 0 Å². The topological polar surface area (TPSA) is 128 Å². The lowest BCUT2D eigenvalue weighted by Gasteiger charge is -2.15. The van der Waals surface area contributed by atoms with Crippen LogP contribution in [0.5, 0.6) is 0 Å². The number of hydrogen-bond acceptors (Lipinski definition) is 5. The van der Waals surface area contributed by atoms with Crippen LogP contribution >= 0.6 is 0 Å². The van der Waals surface area contributed by atoms with Crippen molar-refractivity contribution in [3.8, 4) is 0 Å². The monoisotopic (exact) mass is 332 g/mol. The van der Waals surface area contributed by atoms with Crippen LogP contribution in [0.4, 0.5) is 10.1 Å². The van der Waals surface area contributed by atoms with Gasteiger partial charge in [-0.1, -0.05) is 6.07 Å². The van der Waals surface area contributed by atoms with E-state index in [4.69, 9.17) is 5.73 Å². The lowest BCUT2D eigenvalue weighted by Crippen LogP contribution is -2.45. The molecule has 0 aliphatic rings. The molecule has 124 valence electrons. The molecular formula is C15H13FN4O4. The molecule has 9 heteroatoms. The van der Waals surface area contributed by atoms with E-state index in [0.29, 0.717) is 5.56 Å². The van der Waals surface area contributed by atoms with Crippen LogP contribution in [0.2, 0.25) is 0 Å². The highest BCUT2D eigenvalue weighted by atomic mass is 19.1. The first-order valence-corrected chi connectivity index (χ1v) is 6.81. The molecule has 2 amide bonds. The van der Waals surface area contributed by atoms with Crippen molar-refractivity contribution >= 4 is 17.5 Å². The van der Waals surface area contributed by atoms with Crippen LogP contribution in [0.3, 0.4) is 0 Å². The van der Waals surface area contributed by atoms with E-state index in [1.54, 1.807) is 0 Å². The van der Waals surface area contributed by atoms with Gasteiger partial charge in [-0.2, -0.15) is 4.39 Å². The Labute approximate surface area is 135 Å². The summed E-state index contributed by atoms with van der Waals surface area (Å²) in [4.78, 5) is 37.3. The smallest absolute Gasteiger partial charge is 0.305 e. The molecular weight excluding hydrogens is 319 g/mol. The molecule has 0 unspecified atom stereocenters. The molecule has 0 saturated heterocycles. The second kappa shape index (κ2) is 7.27. The summed E-state index contributed by atoms with van der Waals surface area (Å²) in [5.41, 5.74) is 5.13. The van der Waals surface area contributed by atoms with Crippen LogP contribution in [0.25, 0.3) is 0 Å². The van der Waals surface area contributed by atoms with Crippen molar-refractivity contribution in [1.82, 2.24) is 10.3 Å². The van der Waals surface area contributed by atoms with Crippen LogP contribution in [0.15, 0.2) is 42.7 Å². The van der Waals surface area contributed by atoms with Crippen molar-refractivity contribution < 1.29 is 18.9 Å². The lowest BCUT2D eigenvalue weighted by atomic mass is 10.0. The molecule has 24 heavy (non-hydrogen) atoms. The zero-order chi connectivity index (χ0) is 17.7. The molecule has 0 saturated carbocycles. The molecule has 1 atom stereocenters. The first-order chi connectivity index (χ1) is 11.4. The summed E-state index contributed by atoms with van der Waals surface area (Å²) in [6, 6.07) is 5.03. The van der Waals surface area contributed by atoms with Crippen molar-refractivity contribution in [2.75, 3.05) is 0 Å². The molecule has 1 aromatic carbocycles. The molecule has 2 rings (SSSR count). The summed E-state index contributed by atoms with van der Waals surface area (Å²) < 4.78 is 13.3. The molecule has 1 heterocycles. The molecule has 0 spiro atoms. The van der Waals surface area contributed by atoms with Gasteiger partial charge >= 0.3 is 5.69 Å². The Kier molecular flexibility index (Phi) is 5.15. The van der Waals surface area contributed by atoms with Crippen LogP contribution < -0.4 is 11.1 Å². The van der Waals surface area contributed by atoms with Crippen LogP contribution in [-0.4, -0.2) is 27.8 Å². The quantitative estimate of drug-likeness (QED) is 0.601. The number of nitro benzene ring substituents is 1. The van der Waals surface area contributed by atoms with Gasteiger partial charge in [0.05, 0.1) is 4.92 Å². The molecule has 0 fully saturated rings. The van der Waals surface area contributed by atoms with E-state index in [0.717, 1.165) is 12.1 Å². The number of carbonyl (C=O) groups is 2. The Morgan fingerprint density at radius 1 is 1.29 bits per heavy atom. The standard InChI is InChI=1S/C15H13FN4O4/c16-11-2-1-9(8-13(11)20(23)24)7-12(14(17)21)19-15(22)10-3-5-18-6-4-10/h1-6,8,12H,7H2,(H2,17,21)(H,19,22)/t12-/m1/s1. The Morgan fingerprint density at radius 3 is 2.54 bits per heavy atom. The van der Waals surface area contributed by atoms with E-state index in [2.05, 4.69) is 10.3 Å². The minimum absolute atomic E-state index is 0.104. The number of carbonyl (C=O) groups excluding carboxylic acids is 2. The summed E-state index contributed by atoms with van der Waals surface area (Å²) in [6.07, 6.45) is 2.72. The average molecular weight is 332 g/mol. The van der Waals surface area contributed by atoms with Gasteiger partial charge in [-0.3, -0.25) is 24.7 Å². The minimum atomic E-state index is -1.10. The normalized spacial score (nSPS) is 11.5. The van der Waals surface area contributed by atoms with E-state index < -0.39 is 34.3 Å². The predicted molar refractivity (Wildman–Crippen MR) is 81.4 cm³/mol. The van der Waals surface area contributed by atoms with Crippen molar-refractivity contribution in [2.24, 2.45) is 5.73 Å². The highest BCUT2D eigenvalue weighted by Gasteiger charge is 2.22. The summed E-state index contributed by atoms with van der Waals surface area (Å²) in [5.74, 6) is -2.35. The largest absolute Gasteiger partial charge is 0.368 e. The van der Waals surface area contributed by atoms with E-state index in [1.807, 2.05) is 0 Å². The van der Waals surface area contributed by atoms with Crippen LogP contribution in [0, 0.1) is 15.9 Å². The SMILES string of the molecule is NC(=O)[C@@H](Cc1ccc(F)c([N+](=O)[O-])c1)NC(=O)c1ccncc1. The number of rotatable bonds is 6. The first kappa shape index (κ1) is 17.0. The number of primary amides is 1. The Bertz CT molecular complexity index is 782. The molecule has 0 aliphatic heterocycles. The van der Waals surface area contributed by atoms with Gasteiger partial charge in [0.25, 0.3) is 5.91 Å². The molecule has 2 aromatic rings. The third-order valence-corrected chi connectivity index (χ3v) is 3.24. The fourth-order valence-electron chi connectivity index (χ4n) is 2.03. The second-order valence-electron chi connectivity index (χ2n) is 4.91. The first-order valence-electron chi connectivity index (χ1n) is 6.81. The summed E-state index contributed by atoms with van der Waals surface area (Å²) in [5, 5.41) is 13.2. The fraction of sp³-hybridized carbons (Fsp3) is 0.133. The van der Waals surface area contributed by atoms with Gasteiger partial charge in [-0.15, -0.1) is 0 Å². The third kappa shape index (κ3) is 4.09. The van der Waals surface area contributed by atoms with Gasteiger partial charge in [-0.05, 0) is 23.8 Å². The van der Waals surface area contributed by atoms with Gasteiger partial charge in [0, 0.05) is 30.4 Å². The number of aromatic nitrogens is 1. The van der Waals surface area contributed by atoms with E-state index in [-0.39, 0.29) is 12.0 Å². The van der Waals surface area contributed by atoms with Gasteiger partial charge in [-0.25, -0.2) is 0 Å². The van der Waals surface area contributed by atoms with Crippen LogP contribution in [-0.2, 0) is 11.2 Å². The van der Waals surface area contributed by atoms with Gasteiger partial charge in [0.2, 0.25) is 11.7 Å². The number of amides is 2. The number of nitrogens with two attached hydrogens (primary N) is 1. The Morgan fingerprint density at radius 2 is 1.96 bits per heavy atom.